The summed E-state index contributed by atoms with van der Waals surface area (Å²) in [5.74, 6) is 3.47. The molecule has 2 rings (SSSR count). The van der Waals surface area contributed by atoms with E-state index in [1.165, 1.54) is 16.7 Å². The summed E-state index contributed by atoms with van der Waals surface area (Å²) >= 11 is 1.31. The third kappa shape index (κ3) is 1.79. The van der Waals surface area contributed by atoms with Crippen LogP contribution in [-0.2, 0) is 14.3 Å². The van der Waals surface area contributed by atoms with E-state index in [2.05, 4.69) is 0 Å². The number of carboxylic acids is 1. The van der Waals surface area contributed by atoms with E-state index in [4.69, 9.17) is 10.6 Å². The summed E-state index contributed by atoms with van der Waals surface area (Å²) in [5, 5.41) is 8.83. The fourth-order valence-corrected chi connectivity index (χ4v) is 3.55. The van der Waals surface area contributed by atoms with E-state index in [9.17, 15) is 19.5 Å². The highest BCUT2D eigenvalue weighted by Gasteiger charge is 2.58. The molecule has 9 heteroatoms. The van der Waals surface area contributed by atoms with Gasteiger partial charge in [-0.15, -0.1) is 11.8 Å². The van der Waals surface area contributed by atoms with Gasteiger partial charge in [0.05, 0.1) is 23.6 Å². The maximum Gasteiger partial charge on any atom is 0.422 e. The predicted molar refractivity (Wildman–Crippen MR) is 61.3 cm³/mol. The molecule has 2 heterocycles. The van der Waals surface area contributed by atoms with Crippen molar-refractivity contribution in [2.75, 3.05) is 6.54 Å². The number of aliphatic carboxylic acids is 1. The van der Waals surface area contributed by atoms with Gasteiger partial charge >= 0.3 is 12.1 Å². The molecule has 2 saturated heterocycles. The molecule has 18 heavy (non-hydrogen) atoms. The Morgan fingerprint density at radius 2 is 2.33 bits per heavy atom. The Morgan fingerprint density at radius 3 is 2.83 bits per heavy atom. The first-order valence-corrected chi connectivity index (χ1v) is 6.23. The number of nitrogens with one attached hydrogen (secondary N) is 1. The molecule has 0 aromatic carbocycles. The van der Waals surface area contributed by atoms with Gasteiger partial charge in [-0.2, -0.15) is 0 Å². The summed E-state index contributed by atoms with van der Waals surface area (Å²) < 4.78 is 4.91. The minimum Gasteiger partial charge on any atom is -0.478 e. The van der Waals surface area contributed by atoms with E-state index < -0.39 is 22.9 Å². The number of amides is 2. The zero-order chi connectivity index (χ0) is 13.5. The van der Waals surface area contributed by atoms with Crippen molar-refractivity contribution in [3.05, 3.63) is 0 Å². The molecule has 2 unspecified atom stereocenters. The van der Waals surface area contributed by atoms with Crippen molar-refractivity contribution in [3.8, 4) is 0 Å². The molecule has 0 aromatic rings. The number of β-lactam (4-membered cyclic amide) rings is 1. The monoisotopic (exact) mass is 275 g/mol. The number of hydrazine groups is 1. The second-order valence-electron chi connectivity index (χ2n) is 4.19. The smallest absolute Gasteiger partial charge is 0.422 e. The minimum atomic E-state index is -1.76. The van der Waals surface area contributed by atoms with Gasteiger partial charge in [-0.3, -0.25) is 10.2 Å². The lowest BCUT2D eigenvalue weighted by Crippen LogP contribution is -2.68. The molecule has 0 aromatic heterocycles. The van der Waals surface area contributed by atoms with E-state index in [0.717, 1.165) is 0 Å². The molecule has 0 saturated carbocycles. The number of nitrogens with two attached hydrogens (primary N) is 1. The Morgan fingerprint density at radius 1 is 1.67 bits per heavy atom. The van der Waals surface area contributed by atoms with Crippen LogP contribution >= 0.6 is 11.8 Å². The quantitative estimate of drug-likeness (QED) is 0.258. The van der Waals surface area contributed by atoms with Gasteiger partial charge in [0.15, 0.2) is 0 Å². The lowest BCUT2D eigenvalue weighted by molar-refractivity contribution is -0.167. The molecule has 100 valence electrons. The van der Waals surface area contributed by atoms with Gasteiger partial charge in [0.25, 0.3) is 0 Å². The number of fused-ring (bicyclic) bond motifs is 1. The van der Waals surface area contributed by atoms with Crippen LogP contribution in [0.5, 0.6) is 0 Å². The molecule has 2 fully saturated rings. The highest BCUT2D eigenvalue weighted by atomic mass is 32.2. The van der Waals surface area contributed by atoms with E-state index in [-0.39, 0.29) is 17.8 Å². The molecule has 4 N–H and O–H groups in total. The van der Waals surface area contributed by atoms with E-state index in [1.54, 1.807) is 12.3 Å². The third-order valence-electron chi connectivity index (χ3n) is 3.20. The van der Waals surface area contributed by atoms with Crippen molar-refractivity contribution >= 4 is 29.7 Å². The van der Waals surface area contributed by atoms with Gasteiger partial charge in [0, 0.05) is 0 Å². The first-order chi connectivity index (χ1) is 8.40. The van der Waals surface area contributed by atoms with Crippen molar-refractivity contribution in [2.24, 2.45) is 5.84 Å². The van der Waals surface area contributed by atoms with Gasteiger partial charge in [-0.1, -0.05) is 0 Å². The van der Waals surface area contributed by atoms with Crippen molar-refractivity contribution in [1.29, 1.82) is 0 Å². The van der Waals surface area contributed by atoms with Gasteiger partial charge in [-0.05, 0) is 6.92 Å². The van der Waals surface area contributed by atoms with Crippen LogP contribution in [0, 0.1) is 0 Å². The van der Waals surface area contributed by atoms with Crippen molar-refractivity contribution in [3.63, 3.8) is 0 Å². The largest absolute Gasteiger partial charge is 0.478 e. The van der Waals surface area contributed by atoms with Gasteiger partial charge in [-0.25, -0.2) is 15.4 Å². The molecule has 0 spiro atoms. The highest BCUT2D eigenvalue weighted by Crippen LogP contribution is 2.44. The lowest BCUT2D eigenvalue weighted by atomic mass is 9.96. The molecule has 0 aliphatic carbocycles. The Hall–Kier alpha value is -1.48. The van der Waals surface area contributed by atoms with E-state index in [0.29, 0.717) is 6.42 Å². The molecular weight excluding hydrogens is 262 g/mol. The number of hydrogen-bond donors (Lipinski definition) is 3. The molecular formula is C9H13N3O5S. The van der Waals surface area contributed by atoms with Gasteiger partial charge in [0.2, 0.25) is 11.5 Å². The van der Waals surface area contributed by atoms with Crippen molar-refractivity contribution in [1.82, 2.24) is 10.3 Å². The standard InChI is InChI=1S/C9H13N3O5S/c1-4-9(7(14)15,17-8(16)11-10)3-12-5(13)2-6(12)18-4/h4,6H,2-3,10H2,1H3,(H,11,16)(H,14,15)/t4?,6-,9?/m1/s1. The van der Waals surface area contributed by atoms with Gasteiger partial charge < -0.3 is 14.7 Å². The molecule has 0 bridgehead atoms. The summed E-state index contributed by atoms with van der Waals surface area (Å²) in [4.78, 5) is 35.4. The van der Waals surface area contributed by atoms with Crippen LogP contribution < -0.4 is 11.3 Å². The highest BCUT2D eigenvalue weighted by molar-refractivity contribution is 8.00. The number of carbonyl (C=O) groups is 3. The van der Waals surface area contributed by atoms with Crippen molar-refractivity contribution < 1.29 is 24.2 Å². The second kappa shape index (κ2) is 4.32. The van der Waals surface area contributed by atoms with Crippen LogP contribution in [0.1, 0.15) is 13.3 Å². The summed E-state index contributed by atoms with van der Waals surface area (Å²) in [5.41, 5.74) is -0.0326. The zero-order valence-electron chi connectivity index (χ0n) is 9.58. The lowest BCUT2D eigenvalue weighted by Gasteiger charge is -2.51. The van der Waals surface area contributed by atoms with Crippen LogP contribution in [0.15, 0.2) is 0 Å². The number of ether oxygens (including phenoxy) is 1. The molecule has 2 aliphatic heterocycles. The number of nitrogens with zero attached hydrogens (tertiary/aromatic N) is 1. The molecule has 0 radical (unpaired) electrons. The Kier molecular flexibility index (Phi) is 3.11. The minimum absolute atomic E-state index is 0.0236. The number of carbonyl (C=O) groups excluding carboxylic acids is 2. The fourth-order valence-electron chi connectivity index (χ4n) is 2.06. The molecule has 2 amide bonds. The van der Waals surface area contributed by atoms with Crippen molar-refractivity contribution in [2.45, 2.75) is 29.6 Å². The first-order valence-electron chi connectivity index (χ1n) is 5.28. The summed E-state index contributed by atoms with van der Waals surface area (Å²) in [6.45, 7) is 1.51. The summed E-state index contributed by atoms with van der Waals surface area (Å²) in [7, 11) is 0. The second-order valence-corrected chi connectivity index (χ2v) is 5.71. The van der Waals surface area contributed by atoms with Crippen LogP contribution in [0.2, 0.25) is 0 Å². The number of thioether (sulfide) groups is 1. The number of rotatable bonds is 2. The SMILES string of the molecule is CC1S[C@@H]2CC(=O)N2CC1(OC(=O)NN)C(=O)O. The number of carboxylic acid groups (broad SMARTS) is 1. The Bertz CT molecular complexity index is 417. The van der Waals surface area contributed by atoms with Crippen LogP contribution in [0.4, 0.5) is 4.79 Å². The normalized spacial score (nSPS) is 34.3. The van der Waals surface area contributed by atoms with E-state index >= 15 is 0 Å². The summed E-state index contributed by atoms with van der Waals surface area (Å²) in [6.07, 6.45) is -0.635. The predicted octanol–water partition coefficient (Wildman–Crippen LogP) is -0.897. The molecule has 3 atom stereocenters. The number of hydrogen-bond acceptors (Lipinski definition) is 6. The van der Waals surface area contributed by atoms with Crippen LogP contribution in [0.3, 0.4) is 0 Å². The molecule has 8 nitrogen and oxygen atoms in total. The fraction of sp³-hybridized carbons (Fsp3) is 0.667. The average molecular weight is 275 g/mol. The van der Waals surface area contributed by atoms with E-state index in [1.807, 2.05) is 0 Å². The zero-order valence-corrected chi connectivity index (χ0v) is 10.4. The maximum atomic E-state index is 11.4. The Labute approximate surface area is 107 Å². The molecule has 2 aliphatic rings. The topological polar surface area (TPSA) is 122 Å². The summed E-state index contributed by atoms with van der Waals surface area (Å²) in [6, 6.07) is 0. The average Bonchev–Trinajstić information content (AvgIpc) is 2.31. The van der Waals surface area contributed by atoms with Crippen LogP contribution in [0.25, 0.3) is 0 Å². The van der Waals surface area contributed by atoms with Crippen LogP contribution in [-0.4, -0.2) is 50.7 Å². The van der Waals surface area contributed by atoms with Gasteiger partial charge in [0.1, 0.15) is 0 Å². The third-order valence-corrected chi connectivity index (χ3v) is 4.72. The Balaban J connectivity index is 2.24. The first kappa shape index (κ1) is 13.0. The maximum absolute atomic E-state index is 11.4.